The molecule has 6 nitrogen and oxygen atoms in total. The molecule has 0 aliphatic heterocycles. The molecule has 0 radical (unpaired) electrons. The fourth-order valence-corrected chi connectivity index (χ4v) is 20.7. The molecule has 16 heteroatoms. The second-order valence-electron chi connectivity index (χ2n) is 23.9. The summed E-state index contributed by atoms with van der Waals surface area (Å²) in [6, 6.07) is 43.0. The maximum absolute atomic E-state index is 17.3. The zero-order valence-corrected chi connectivity index (χ0v) is 57.9. The number of hydrogen-bond donors (Lipinski definition) is 0. The Labute approximate surface area is 558 Å². The molecular formula is C74H72F2N6S8. The Hall–Kier alpha value is -6.08. The van der Waals surface area contributed by atoms with Crippen LogP contribution in [0.1, 0.15) is 140 Å². The molecule has 0 saturated carbocycles. The van der Waals surface area contributed by atoms with Gasteiger partial charge in [-0.05, 0) is 147 Å². The molecule has 0 amide bonds. The number of benzene rings is 4. The third-order valence-corrected chi connectivity index (χ3v) is 26.2. The van der Waals surface area contributed by atoms with Gasteiger partial charge in [0.05, 0.1) is 45.5 Å². The largest absolute Gasteiger partial charge is 0.339 e. The third kappa shape index (κ3) is 12.2. The van der Waals surface area contributed by atoms with E-state index >= 15 is 8.78 Å². The molecule has 0 spiro atoms. The van der Waals surface area contributed by atoms with Gasteiger partial charge in [-0.1, -0.05) is 129 Å². The third-order valence-electron chi connectivity index (χ3n) is 17.7. The topological polar surface area (TPSA) is 61.4 Å². The molecule has 10 heterocycles. The molecule has 90 heavy (non-hydrogen) atoms. The van der Waals surface area contributed by atoms with E-state index in [0.29, 0.717) is 22.2 Å². The second-order valence-corrected chi connectivity index (χ2v) is 31.6. The minimum absolute atomic E-state index is 0.307. The summed E-state index contributed by atoms with van der Waals surface area (Å²) < 4.78 is 59.0. The predicted octanol–water partition coefficient (Wildman–Crippen LogP) is 26.1. The van der Waals surface area contributed by atoms with Crippen LogP contribution in [0.2, 0.25) is 0 Å². The van der Waals surface area contributed by atoms with Gasteiger partial charge in [-0.25, -0.2) is 8.78 Å². The molecule has 14 aromatic rings. The van der Waals surface area contributed by atoms with Gasteiger partial charge in [0, 0.05) is 105 Å². The number of halogens is 2. The molecule has 0 unspecified atom stereocenters. The molecule has 14 rings (SSSR count). The summed E-state index contributed by atoms with van der Waals surface area (Å²) in [5.41, 5.74) is 11.2. The van der Waals surface area contributed by atoms with Crippen molar-refractivity contribution in [3.05, 3.63) is 143 Å². The lowest BCUT2D eigenvalue weighted by Gasteiger charge is -2.13. The van der Waals surface area contributed by atoms with Crippen LogP contribution in [0.4, 0.5) is 8.78 Å². The van der Waals surface area contributed by atoms with Gasteiger partial charge < -0.3 is 9.13 Å². The highest BCUT2D eigenvalue weighted by molar-refractivity contribution is 7.28. The molecule has 0 saturated heterocycles. The highest BCUT2D eigenvalue weighted by Gasteiger charge is 2.27. The van der Waals surface area contributed by atoms with Gasteiger partial charge >= 0.3 is 0 Å². The van der Waals surface area contributed by atoms with Crippen molar-refractivity contribution in [2.45, 2.75) is 156 Å². The quantitative estimate of drug-likeness (QED) is 0.0459. The Morgan fingerprint density at radius 2 is 0.667 bits per heavy atom. The van der Waals surface area contributed by atoms with Crippen LogP contribution < -0.4 is 0 Å². The molecule has 0 aliphatic carbocycles. The monoisotopic (exact) mass is 1340 g/mol. The standard InChI is InChI=1S/C74H72F2N6S8/c1-5-9-13-17-21-47-25-29-59(83-47)61-35-37-65(87-61)63-33-31-57(85-63)51-43-53(75)67(71-69(51)77-89-79-71)45-23-27-49-55(41-45)81(39-19-15-11-7-3)74-50-28-24-46(42-56(50)82(73(49)74)40-20-16-12-8-4)68-54(76)44-52(70-72(68)80-90-78-70)58-32-34-64(86-58)66-38-36-62(88-66)60-30-26-48(84-60)22-18-14-10-6-2/h23-38,41-44H,5-22,39-40H2,1-4H3. The minimum atomic E-state index is -0.307. The van der Waals surface area contributed by atoms with E-state index in [1.54, 1.807) is 34.8 Å². The molecule has 0 atom stereocenters. The van der Waals surface area contributed by atoms with Gasteiger partial charge in [0.15, 0.2) is 0 Å². The number of thiophene rings is 6. The van der Waals surface area contributed by atoms with Gasteiger partial charge in [0.25, 0.3) is 0 Å². The second kappa shape index (κ2) is 27.6. The number of unbranched alkanes of at least 4 members (excludes halogenated alkanes) is 12. The average molecular weight is 1340 g/mol. The van der Waals surface area contributed by atoms with Crippen molar-refractivity contribution in [3.63, 3.8) is 0 Å². The van der Waals surface area contributed by atoms with E-state index in [-0.39, 0.29) is 11.6 Å². The summed E-state index contributed by atoms with van der Waals surface area (Å²) >= 11 is 13.1. The minimum Gasteiger partial charge on any atom is -0.339 e. The molecule has 0 fully saturated rings. The van der Waals surface area contributed by atoms with E-state index < -0.39 is 0 Å². The van der Waals surface area contributed by atoms with E-state index in [9.17, 15) is 0 Å². The number of fused-ring (bicyclic) bond motifs is 7. The van der Waals surface area contributed by atoms with E-state index in [0.717, 1.165) is 186 Å². The van der Waals surface area contributed by atoms with Crippen molar-refractivity contribution in [1.82, 2.24) is 26.6 Å². The van der Waals surface area contributed by atoms with Crippen LogP contribution in [0.5, 0.6) is 0 Å². The number of aryl methyl sites for hydroxylation is 4. The number of aromatic nitrogens is 6. The lowest BCUT2D eigenvalue weighted by atomic mass is 9.99. The fourth-order valence-electron chi connectivity index (χ4n) is 13.0. The smallest absolute Gasteiger partial charge is 0.134 e. The summed E-state index contributed by atoms with van der Waals surface area (Å²) in [6.45, 7) is 10.6. The number of hydrogen-bond acceptors (Lipinski definition) is 12. The molecule has 4 aromatic carbocycles. The Bertz CT molecular complexity index is 4510. The maximum atomic E-state index is 17.3. The van der Waals surface area contributed by atoms with Crippen molar-refractivity contribution < 1.29 is 8.78 Å². The van der Waals surface area contributed by atoms with Crippen molar-refractivity contribution in [2.75, 3.05) is 0 Å². The van der Waals surface area contributed by atoms with Crippen LogP contribution in [0, 0.1) is 11.6 Å². The summed E-state index contributed by atoms with van der Waals surface area (Å²) in [5.74, 6) is -0.614. The van der Waals surface area contributed by atoms with Crippen LogP contribution in [0.3, 0.4) is 0 Å². The Kier molecular flexibility index (Phi) is 18.9. The summed E-state index contributed by atoms with van der Waals surface area (Å²) in [7, 11) is 0. The first-order valence-electron chi connectivity index (χ1n) is 32.4. The number of rotatable bonds is 28. The first kappa shape index (κ1) is 61.4. The predicted molar refractivity (Wildman–Crippen MR) is 392 cm³/mol. The SMILES string of the molecule is CCCCCCc1ccc(-c2ccc(-c3ccc(-c4cc(F)c(-c5ccc6c(c5)n(CCCCCC)c5c7ccc(-c8c(F)cc(-c9ccc(-c%10ccc(-c%11ccc(CCCCCC)s%11)s%10)s9)c9nsnc89)cc7n(CCCCCC)c65)c5nsnc45)s3)s2)s1. The van der Waals surface area contributed by atoms with E-state index in [1.807, 2.05) is 45.3 Å². The molecule has 0 aliphatic rings. The van der Waals surface area contributed by atoms with E-state index in [2.05, 4.69) is 146 Å². The first-order valence-corrected chi connectivity index (χ1v) is 38.7. The van der Waals surface area contributed by atoms with Crippen LogP contribution in [0.15, 0.2) is 121 Å². The van der Waals surface area contributed by atoms with Crippen LogP contribution in [-0.4, -0.2) is 26.6 Å². The van der Waals surface area contributed by atoms with Gasteiger partial charge in [0.2, 0.25) is 0 Å². The summed E-state index contributed by atoms with van der Waals surface area (Å²) in [6.07, 6.45) is 21.3. The Morgan fingerprint density at radius 3 is 1.06 bits per heavy atom. The van der Waals surface area contributed by atoms with Crippen LogP contribution in [0.25, 0.3) is 137 Å². The van der Waals surface area contributed by atoms with Gasteiger partial charge in [-0.15, -0.1) is 68.0 Å². The lowest BCUT2D eigenvalue weighted by molar-refractivity contribution is 0.600. The van der Waals surface area contributed by atoms with Gasteiger partial charge in [-0.2, -0.15) is 17.5 Å². The van der Waals surface area contributed by atoms with Crippen LogP contribution >= 0.6 is 91.5 Å². The maximum Gasteiger partial charge on any atom is 0.134 e. The average Bonchev–Trinajstić information content (AvgIpc) is 1.55. The normalized spacial score (nSPS) is 12.1. The first-order chi connectivity index (χ1) is 44.3. The molecule has 460 valence electrons. The Morgan fingerprint density at radius 1 is 0.333 bits per heavy atom. The molecule has 0 N–H and O–H groups in total. The van der Waals surface area contributed by atoms with Crippen molar-refractivity contribution >= 4 is 146 Å². The summed E-state index contributed by atoms with van der Waals surface area (Å²) in [4.78, 5) is 14.8. The molecular weight excluding hydrogens is 1270 g/mol. The highest BCUT2D eigenvalue weighted by atomic mass is 32.1. The van der Waals surface area contributed by atoms with Crippen molar-refractivity contribution in [3.8, 4) is 82.2 Å². The molecule has 10 aromatic heterocycles. The zero-order chi connectivity index (χ0) is 61.2. The van der Waals surface area contributed by atoms with E-state index in [4.69, 9.17) is 17.5 Å². The van der Waals surface area contributed by atoms with Crippen molar-refractivity contribution in [2.24, 2.45) is 0 Å². The van der Waals surface area contributed by atoms with E-state index in [1.165, 1.54) is 90.4 Å². The lowest BCUT2D eigenvalue weighted by Crippen LogP contribution is -1.99. The zero-order valence-electron chi connectivity index (χ0n) is 51.4. The number of nitrogens with zero attached hydrogens (tertiary/aromatic N) is 6. The highest BCUT2D eigenvalue weighted by Crippen LogP contribution is 2.49. The Balaban J connectivity index is 0.794. The fraction of sp³-hybridized carbons (Fsp3) is 0.324. The van der Waals surface area contributed by atoms with Gasteiger partial charge in [0.1, 0.15) is 33.7 Å². The van der Waals surface area contributed by atoms with Crippen molar-refractivity contribution in [1.29, 1.82) is 0 Å². The summed E-state index contributed by atoms with van der Waals surface area (Å²) in [5, 5.41) is 2.24. The van der Waals surface area contributed by atoms with Gasteiger partial charge in [-0.3, -0.25) is 0 Å². The van der Waals surface area contributed by atoms with Crippen LogP contribution in [-0.2, 0) is 25.9 Å². The molecule has 0 bridgehead atoms.